The van der Waals surface area contributed by atoms with E-state index >= 15 is 0 Å². The fraction of sp³-hybridized carbons (Fsp3) is 1.00. The van der Waals surface area contributed by atoms with Gasteiger partial charge in [-0.3, -0.25) is 4.21 Å². The summed E-state index contributed by atoms with van der Waals surface area (Å²) in [4.78, 5) is 0. The molecule has 1 aliphatic rings. The van der Waals surface area contributed by atoms with Gasteiger partial charge >= 0.3 is 0 Å². The van der Waals surface area contributed by atoms with Crippen molar-refractivity contribution >= 4 is 10.8 Å². The van der Waals surface area contributed by atoms with Gasteiger partial charge < -0.3 is 10.1 Å². The molecule has 1 aliphatic carbocycles. The first kappa shape index (κ1) is 12.1. The van der Waals surface area contributed by atoms with Crippen LogP contribution in [0.15, 0.2) is 0 Å². The van der Waals surface area contributed by atoms with Gasteiger partial charge in [0.1, 0.15) is 0 Å². The third kappa shape index (κ3) is 4.53. The molecule has 1 saturated carbocycles. The van der Waals surface area contributed by atoms with Crippen LogP contribution in [0.5, 0.6) is 0 Å². The van der Waals surface area contributed by atoms with E-state index < -0.39 is 10.8 Å². The van der Waals surface area contributed by atoms with E-state index in [2.05, 4.69) is 5.32 Å². The second kappa shape index (κ2) is 6.53. The lowest BCUT2D eigenvalue weighted by Crippen LogP contribution is -2.37. The molecule has 0 amide bonds. The first-order valence-electron chi connectivity index (χ1n) is 5.35. The van der Waals surface area contributed by atoms with E-state index in [1.807, 2.05) is 6.92 Å². The Kier molecular flexibility index (Phi) is 5.67. The molecule has 0 aromatic heterocycles. The molecule has 0 bridgehead atoms. The molecule has 84 valence electrons. The summed E-state index contributed by atoms with van der Waals surface area (Å²) in [6.45, 7) is 3.60. The third-order valence-electron chi connectivity index (χ3n) is 2.60. The van der Waals surface area contributed by atoms with Gasteiger partial charge in [0.05, 0.1) is 6.61 Å². The largest absolute Gasteiger partial charge is 0.383 e. The highest BCUT2D eigenvalue weighted by atomic mass is 32.2. The molecule has 1 N–H and O–H groups in total. The Balaban J connectivity index is 2.10. The summed E-state index contributed by atoms with van der Waals surface area (Å²) in [6, 6.07) is 0.480. The third-order valence-corrected chi connectivity index (χ3v) is 3.90. The number of hydrogen-bond donors (Lipinski definition) is 1. The van der Waals surface area contributed by atoms with Gasteiger partial charge in [-0.25, -0.2) is 0 Å². The number of ether oxygens (including phenoxy) is 1. The standard InChI is InChI=1S/C10H21NO2S/c1-3-14(12)7-6-11-10(8-13-2)9-4-5-9/h9-11H,3-8H2,1-2H3. The van der Waals surface area contributed by atoms with E-state index in [1.165, 1.54) is 12.8 Å². The summed E-state index contributed by atoms with van der Waals surface area (Å²) in [5, 5.41) is 3.43. The quantitative estimate of drug-likeness (QED) is 0.655. The van der Waals surface area contributed by atoms with Crippen LogP contribution in [0.2, 0.25) is 0 Å². The predicted octanol–water partition coefficient (Wildman–Crippen LogP) is 0.770. The molecule has 1 rings (SSSR count). The van der Waals surface area contributed by atoms with E-state index in [4.69, 9.17) is 4.74 Å². The molecule has 4 heteroatoms. The lowest BCUT2D eigenvalue weighted by atomic mass is 10.2. The van der Waals surface area contributed by atoms with Gasteiger partial charge in [0.15, 0.2) is 0 Å². The summed E-state index contributed by atoms with van der Waals surface area (Å²) in [5.41, 5.74) is 0. The zero-order chi connectivity index (χ0) is 10.4. The van der Waals surface area contributed by atoms with Crippen molar-refractivity contribution in [3.8, 4) is 0 Å². The van der Waals surface area contributed by atoms with Crippen molar-refractivity contribution in [3.63, 3.8) is 0 Å². The van der Waals surface area contributed by atoms with Crippen molar-refractivity contribution in [1.29, 1.82) is 0 Å². The molecule has 0 aromatic carbocycles. The summed E-state index contributed by atoms with van der Waals surface area (Å²) in [5.74, 6) is 2.33. The van der Waals surface area contributed by atoms with Crippen molar-refractivity contribution in [1.82, 2.24) is 5.32 Å². The highest BCUT2D eigenvalue weighted by Gasteiger charge is 2.30. The molecule has 0 aromatic rings. The summed E-state index contributed by atoms with van der Waals surface area (Å²) in [7, 11) is 1.09. The molecule has 0 radical (unpaired) electrons. The number of nitrogens with one attached hydrogen (secondary N) is 1. The van der Waals surface area contributed by atoms with E-state index in [-0.39, 0.29) is 0 Å². The molecular formula is C10H21NO2S. The first-order valence-corrected chi connectivity index (χ1v) is 6.84. The second-order valence-corrected chi connectivity index (χ2v) is 5.65. The minimum atomic E-state index is -0.643. The smallest absolute Gasteiger partial charge is 0.0618 e. The van der Waals surface area contributed by atoms with Crippen LogP contribution in [-0.2, 0) is 15.5 Å². The van der Waals surface area contributed by atoms with Crippen molar-refractivity contribution in [3.05, 3.63) is 0 Å². The van der Waals surface area contributed by atoms with E-state index in [0.717, 1.165) is 30.6 Å². The van der Waals surface area contributed by atoms with Crippen LogP contribution in [0.4, 0.5) is 0 Å². The van der Waals surface area contributed by atoms with Crippen LogP contribution in [0.3, 0.4) is 0 Å². The Morgan fingerprint density at radius 1 is 1.57 bits per heavy atom. The average molecular weight is 219 g/mol. The Morgan fingerprint density at radius 2 is 2.29 bits per heavy atom. The summed E-state index contributed by atoms with van der Waals surface area (Å²) < 4.78 is 16.3. The maximum atomic E-state index is 11.2. The van der Waals surface area contributed by atoms with Gasteiger partial charge in [-0.15, -0.1) is 0 Å². The number of hydrogen-bond acceptors (Lipinski definition) is 3. The topological polar surface area (TPSA) is 38.3 Å². The fourth-order valence-electron chi connectivity index (χ4n) is 1.54. The van der Waals surface area contributed by atoms with Crippen molar-refractivity contribution in [2.75, 3.05) is 31.8 Å². The van der Waals surface area contributed by atoms with Crippen molar-refractivity contribution < 1.29 is 8.95 Å². The molecule has 3 nitrogen and oxygen atoms in total. The van der Waals surface area contributed by atoms with Crippen LogP contribution in [0.25, 0.3) is 0 Å². The minimum absolute atomic E-state index is 0.480. The maximum Gasteiger partial charge on any atom is 0.0618 e. The Morgan fingerprint density at radius 3 is 2.79 bits per heavy atom. The van der Waals surface area contributed by atoms with Crippen LogP contribution >= 0.6 is 0 Å². The average Bonchev–Trinajstić information content (AvgIpc) is 2.99. The lowest BCUT2D eigenvalue weighted by molar-refractivity contribution is 0.159. The zero-order valence-corrected chi connectivity index (χ0v) is 9.94. The number of rotatable bonds is 8. The van der Waals surface area contributed by atoms with Crippen molar-refractivity contribution in [2.24, 2.45) is 5.92 Å². The molecule has 0 heterocycles. The highest BCUT2D eigenvalue weighted by Crippen LogP contribution is 2.32. The number of methoxy groups -OCH3 is 1. The Labute approximate surface area is 89.1 Å². The maximum absolute atomic E-state index is 11.2. The Bertz CT molecular complexity index is 183. The lowest BCUT2D eigenvalue weighted by Gasteiger charge is -2.16. The predicted molar refractivity (Wildman–Crippen MR) is 59.9 cm³/mol. The van der Waals surface area contributed by atoms with E-state index in [9.17, 15) is 4.21 Å². The van der Waals surface area contributed by atoms with Crippen LogP contribution in [-0.4, -0.2) is 42.0 Å². The SMILES string of the molecule is CCS(=O)CCNC(COC)C1CC1. The van der Waals surface area contributed by atoms with Gasteiger partial charge in [0.25, 0.3) is 0 Å². The van der Waals surface area contributed by atoms with Gasteiger partial charge in [-0.05, 0) is 18.8 Å². The van der Waals surface area contributed by atoms with E-state index in [1.54, 1.807) is 7.11 Å². The molecule has 2 unspecified atom stereocenters. The summed E-state index contributed by atoms with van der Waals surface area (Å²) in [6.07, 6.45) is 2.63. The van der Waals surface area contributed by atoms with Crippen LogP contribution < -0.4 is 5.32 Å². The molecule has 1 fully saturated rings. The van der Waals surface area contributed by atoms with Gasteiger partial charge in [0, 0.05) is 42.0 Å². The van der Waals surface area contributed by atoms with Crippen molar-refractivity contribution in [2.45, 2.75) is 25.8 Å². The van der Waals surface area contributed by atoms with Crippen LogP contribution in [0, 0.1) is 5.92 Å². The Hall–Kier alpha value is 0.0700. The highest BCUT2D eigenvalue weighted by molar-refractivity contribution is 7.84. The molecule has 14 heavy (non-hydrogen) atoms. The molecule has 0 aliphatic heterocycles. The second-order valence-electron chi connectivity index (χ2n) is 3.79. The summed E-state index contributed by atoms with van der Waals surface area (Å²) >= 11 is 0. The molecular weight excluding hydrogens is 198 g/mol. The molecule has 0 spiro atoms. The van der Waals surface area contributed by atoms with Gasteiger partial charge in [-0.1, -0.05) is 6.92 Å². The monoisotopic (exact) mass is 219 g/mol. The molecule has 2 atom stereocenters. The van der Waals surface area contributed by atoms with Gasteiger partial charge in [0.2, 0.25) is 0 Å². The van der Waals surface area contributed by atoms with E-state index in [0.29, 0.717) is 6.04 Å². The normalized spacial score (nSPS) is 20.7. The van der Waals surface area contributed by atoms with Gasteiger partial charge in [-0.2, -0.15) is 0 Å². The first-order chi connectivity index (χ1) is 6.77. The van der Waals surface area contributed by atoms with Crippen LogP contribution in [0.1, 0.15) is 19.8 Å². The zero-order valence-electron chi connectivity index (χ0n) is 9.12. The minimum Gasteiger partial charge on any atom is -0.383 e. The fourth-order valence-corrected chi connectivity index (χ4v) is 2.18. The molecule has 0 saturated heterocycles.